The Morgan fingerprint density at radius 1 is 1.24 bits per heavy atom. The molecule has 9 heteroatoms. The third kappa shape index (κ3) is 3.45. The zero-order valence-electron chi connectivity index (χ0n) is 13.1. The molecule has 0 aliphatic carbocycles. The van der Waals surface area contributed by atoms with Crippen molar-refractivity contribution < 1.29 is 19.4 Å². The number of thiophene rings is 1. The van der Waals surface area contributed by atoms with Crippen LogP contribution >= 0.6 is 11.3 Å². The number of nitrogens with one attached hydrogen (secondary N) is 2. The monoisotopic (exact) mass is 358 g/mol. The molecular weight excluding hydrogens is 344 g/mol. The molecule has 0 bridgehead atoms. The number of nitrogens with zero attached hydrogens (tertiary/aromatic N) is 1. The van der Waals surface area contributed by atoms with Crippen LogP contribution in [0.25, 0.3) is 10.1 Å². The van der Waals surface area contributed by atoms with Gasteiger partial charge in [-0.1, -0.05) is 0 Å². The first-order valence-corrected chi connectivity index (χ1v) is 7.93. The quantitative estimate of drug-likeness (QED) is 0.570. The molecule has 3 rings (SSSR count). The van der Waals surface area contributed by atoms with Crippen LogP contribution in [0.15, 0.2) is 36.5 Å². The molecule has 0 saturated carbocycles. The second-order valence-corrected chi connectivity index (χ2v) is 6.07. The number of phenols is 1. The van der Waals surface area contributed by atoms with Gasteiger partial charge in [0.2, 0.25) is 5.88 Å². The fourth-order valence-electron chi connectivity index (χ4n) is 2.26. The average Bonchev–Trinajstić information content (AvgIpc) is 2.92. The normalized spacial score (nSPS) is 10.4. The third-order valence-electron chi connectivity index (χ3n) is 3.35. The number of ether oxygens (including phenoxy) is 1. The number of fused-ring (bicyclic) bond motifs is 1. The second kappa shape index (κ2) is 6.65. The second-order valence-electron chi connectivity index (χ2n) is 5.02. The van der Waals surface area contributed by atoms with Gasteiger partial charge in [0, 0.05) is 16.2 Å². The molecule has 128 valence electrons. The first-order valence-electron chi connectivity index (χ1n) is 7.11. The van der Waals surface area contributed by atoms with Gasteiger partial charge in [0.05, 0.1) is 24.6 Å². The predicted octanol–water partition coefficient (Wildman–Crippen LogP) is 2.75. The Bertz CT molecular complexity index is 953. The van der Waals surface area contributed by atoms with Crippen molar-refractivity contribution in [1.29, 1.82) is 0 Å². The topological polar surface area (TPSA) is 127 Å². The van der Waals surface area contributed by atoms with Crippen molar-refractivity contribution in [2.45, 2.75) is 0 Å². The number of anilines is 2. The Labute approximate surface area is 146 Å². The van der Waals surface area contributed by atoms with E-state index in [1.165, 1.54) is 25.4 Å². The van der Waals surface area contributed by atoms with Crippen LogP contribution in [0.2, 0.25) is 0 Å². The van der Waals surface area contributed by atoms with Crippen molar-refractivity contribution in [3.05, 3.63) is 42.1 Å². The standard InChI is InChI=1S/C16H14N4O4S/c1-24-12-5-2-8(7-18-12)19-16(23)20-15-13(14(17)22)10-4-3-9(21)6-11(10)25-15/h2-7,21H,1H3,(H2,17,22)(H2,19,20,23). The van der Waals surface area contributed by atoms with Crippen LogP contribution in [-0.4, -0.2) is 29.1 Å². The largest absolute Gasteiger partial charge is 0.508 e. The Balaban J connectivity index is 1.84. The predicted molar refractivity (Wildman–Crippen MR) is 95.4 cm³/mol. The van der Waals surface area contributed by atoms with Gasteiger partial charge in [-0.05, 0) is 24.3 Å². The van der Waals surface area contributed by atoms with Crippen LogP contribution in [0.3, 0.4) is 0 Å². The third-order valence-corrected chi connectivity index (χ3v) is 4.42. The van der Waals surface area contributed by atoms with Gasteiger partial charge in [-0.2, -0.15) is 0 Å². The highest BCUT2D eigenvalue weighted by Crippen LogP contribution is 2.37. The van der Waals surface area contributed by atoms with Gasteiger partial charge in [-0.15, -0.1) is 11.3 Å². The van der Waals surface area contributed by atoms with Crippen molar-refractivity contribution in [2.24, 2.45) is 5.73 Å². The number of methoxy groups -OCH3 is 1. The molecule has 3 amide bonds. The van der Waals surface area contributed by atoms with Crippen molar-refractivity contribution in [3.63, 3.8) is 0 Å². The molecule has 0 radical (unpaired) electrons. The molecule has 2 heterocycles. The summed E-state index contributed by atoms with van der Waals surface area (Å²) in [5.41, 5.74) is 6.09. The zero-order valence-corrected chi connectivity index (χ0v) is 13.9. The van der Waals surface area contributed by atoms with E-state index in [1.807, 2.05) is 0 Å². The number of primary amides is 1. The number of benzene rings is 1. The van der Waals surface area contributed by atoms with Crippen molar-refractivity contribution in [3.8, 4) is 11.6 Å². The first kappa shape index (κ1) is 16.5. The summed E-state index contributed by atoms with van der Waals surface area (Å²) in [5, 5.41) is 15.6. The molecule has 0 saturated heterocycles. The molecule has 0 unspecified atom stereocenters. The fourth-order valence-corrected chi connectivity index (χ4v) is 3.39. The number of hydrogen-bond acceptors (Lipinski definition) is 6. The van der Waals surface area contributed by atoms with Gasteiger partial charge in [0.1, 0.15) is 10.8 Å². The summed E-state index contributed by atoms with van der Waals surface area (Å²) in [5.74, 6) is -0.185. The minimum absolute atomic E-state index is 0.0603. The molecule has 0 fully saturated rings. The molecule has 1 aromatic carbocycles. The van der Waals surface area contributed by atoms with Crippen LogP contribution in [0.1, 0.15) is 10.4 Å². The van der Waals surface area contributed by atoms with E-state index in [9.17, 15) is 14.7 Å². The van der Waals surface area contributed by atoms with Crippen LogP contribution in [0.4, 0.5) is 15.5 Å². The van der Waals surface area contributed by atoms with E-state index >= 15 is 0 Å². The van der Waals surface area contributed by atoms with Gasteiger partial charge in [-0.25, -0.2) is 9.78 Å². The molecule has 0 atom stereocenters. The number of nitrogens with two attached hydrogens (primary N) is 1. The van der Waals surface area contributed by atoms with E-state index in [4.69, 9.17) is 10.5 Å². The molecular formula is C16H14N4O4S. The minimum atomic E-state index is -0.668. The summed E-state index contributed by atoms with van der Waals surface area (Å²) in [6.45, 7) is 0. The summed E-state index contributed by atoms with van der Waals surface area (Å²) in [6, 6.07) is 7.22. The van der Waals surface area contributed by atoms with Crippen LogP contribution < -0.4 is 21.1 Å². The Hall–Kier alpha value is -3.33. The molecule has 0 spiro atoms. The lowest BCUT2D eigenvalue weighted by Gasteiger charge is -2.07. The SMILES string of the molecule is COc1ccc(NC(=O)Nc2sc3cc(O)ccc3c2C(N)=O)cn1. The molecule has 25 heavy (non-hydrogen) atoms. The molecule has 0 aliphatic heterocycles. The number of aromatic nitrogens is 1. The number of carbonyl (C=O) groups is 2. The summed E-state index contributed by atoms with van der Waals surface area (Å²) in [6.07, 6.45) is 1.44. The average molecular weight is 358 g/mol. The number of carbonyl (C=O) groups excluding carboxylic acids is 2. The van der Waals surface area contributed by atoms with Crippen LogP contribution in [0.5, 0.6) is 11.6 Å². The molecule has 5 N–H and O–H groups in total. The molecule has 3 aromatic rings. The maximum absolute atomic E-state index is 12.2. The minimum Gasteiger partial charge on any atom is -0.508 e. The molecule has 0 aliphatic rings. The van der Waals surface area contributed by atoms with Crippen LogP contribution in [-0.2, 0) is 0 Å². The van der Waals surface area contributed by atoms with Gasteiger partial charge >= 0.3 is 6.03 Å². The van der Waals surface area contributed by atoms with Crippen molar-refractivity contribution in [2.75, 3.05) is 17.7 Å². The number of amides is 3. The highest BCUT2D eigenvalue weighted by atomic mass is 32.1. The van der Waals surface area contributed by atoms with E-state index in [2.05, 4.69) is 15.6 Å². The Morgan fingerprint density at radius 2 is 2.04 bits per heavy atom. The maximum Gasteiger partial charge on any atom is 0.324 e. The summed E-state index contributed by atoms with van der Waals surface area (Å²) in [7, 11) is 1.49. The Kier molecular flexibility index (Phi) is 4.40. The van der Waals surface area contributed by atoms with E-state index in [0.717, 1.165) is 11.3 Å². The van der Waals surface area contributed by atoms with Gasteiger partial charge in [0.15, 0.2) is 0 Å². The number of aromatic hydroxyl groups is 1. The van der Waals surface area contributed by atoms with Crippen molar-refractivity contribution in [1.82, 2.24) is 4.98 Å². The maximum atomic E-state index is 12.2. The zero-order chi connectivity index (χ0) is 18.0. The Morgan fingerprint density at radius 3 is 2.68 bits per heavy atom. The smallest absolute Gasteiger partial charge is 0.324 e. The lowest BCUT2D eigenvalue weighted by molar-refractivity contribution is 0.100. The number of phenolic OH excluding ortho intramolecular Hbond substituents is 1. The highest BCUT2D eigenvalue weighted by molar-refractivity contribution is 7.23. The van der Waals surface area contributed by atoms with Gasteiger partial charge < -0.3 is 20.9 Å². The number of pyridine rings is 1. The lowest BCUT2D eigenvalue weighted by atomic mass is 10.1. The van der Waals surface area contributed by atoms with Crippen molar-refractivity contribution >= 4 is 44.0 Å². The van der Waals surface area contributed by atoms with E-state index in [0.29, 0.717) is 26.7 Å². The van der Waals surface area contributed by atoms with E-state index in [-0.39, 0.29) is 11.3 Å². The summed E-state index contributed by atoms with van der Waals surface area (Å²) >= 11 is 1.14. The van der Waals surface area contributed by atoms with Crippen LogP contribution in [0, 0.1) is 0 Å². The van der Waals surface area contributed by atoms with E-state index in [1.54, 1.807) is 18.2 Å². The van der Waals surface area contributed by atoms with E-state index < -0.39 is 11.9 Å². The number of rotatable bonds is 4. The number of urea groups is 1. The van der Waals surface area contributed by atoms with Gasteiger partial charge in [-0.3, -0.25) is 10.1 Å². The first-order chi connectivity index (χ1) is 12.0. The summed E-state index contributed by atoms with van der Waals surface area (Å²) < 4.78 is 5.58. The molecule has 8 nitrogen and oxygen atoms in total. The number of hydrogen-bond donors (Lipinski definition) is 4. The highest BCUT2D eigenvalue weighted by Gasteiger charge is 2.19. The molecule has 2 aromatic heterocycles. The fraction of sp³-hybridized carbons (Fsp3) is 0.0625. The summed E-state index contributed by atoms with van der Waals surface area (Å²) in [4.78, 5) is 27.9. The lowest BCUT2D eigenvalue weighted by Crippen LogP contribution is -2.21. The van der Waals surface area contributed by atoms with Gasteiger partial charge in [0.25, 0.3) is 5.91 Å².